The summed E-state index contributed by atoms with van der Waals surface area (Å²) < 4.78 is 4.96. The van der Waals surface area contributed by atoms with E-state index in [9.17, 15) is 24.5 Å². The minimum atomic E-state index is -0.885. The Bertz CT molecular complexity index is 944. The molecule has 2 amide bonds. The fraction of sp³-hybridized carbons (Fsp3) is 0.211. The molecule has 10 heteroatoms. The predicted molar refractivity (Wildman–Crippen MR) is 106 cm³/mol. The van der Waals surface area contributed by atoms with Crippen LogP contribution in [0.2, 0.25) is 0 Å². The average Bonchev–Trinajstić information content (AvgIpc) is 2.71. The highest BCUT2D eigenvalue weighted by Crippen LogP contribution is 2.22. The van der Waals surface area contributed by atoms with Crippen LogP contribution in [0.25, 0.3) is 0 Å². The minimum absolute atomic E-state index is 0.0623. The van der Waals surface area contributed by atoms with E-state index in [1.165, 1.54) is 18.2 Å². The van der Waals surface area contributed by atoms with Crippen LogP contribution in [-0.4, -0.2) is 42.9 Å². The number of nitro groups is 1. The van der Waals surface area contributed by atoms with E-state index in [2.05, 4.69) is 16.0 Å². The molecule has 0 atom stereocenters. The Hall–Kier alpha value is -3.95. The topological polar surface area (TPSA) is 140 Å². The third-order valence-corrected chi connectivity index (χ3v) is 3.78. The average molecular weight is 400 g/mol. The summed E-state index contributed by atoms with van der Waals surface area (Å²) in [7, 11) is 1.55. The van der Waals surface area contributed by atoms with Crippen molar-refractivity contribution in [3.63, 3.8) is 0 Å². The highest BCUT2D eigenvalue weighted by Gasteiger charge is 2.18. The Morgan fingerprint density at radius 3 is 2.55 bits per heavy atom. The highest BCUT2D eigenvalue weighted by molar-refractivity contribution is 6.00. The van der Waals surface area contributed by atoms with Crippen LogP contribution in [0.15, 0.2) is 42.5 Å². The van der Waals surface area contributed by atoms with Gasteiger partial charge in [-0.25, -0.2) is 4.79 Å². The lowest BCUT2D eigenvalue weighted by atomic mass is 10.1. The van der Waals surface area contributed by atoms with Gasteiger partial charge in [0.1, 0.15) is 0 Å². The molecule has 2 rings (SSSR count). The molecule has 29 heavy (non-hydrogen) atoms. The number of carbonyl (C=O) groups is 3. The van der Waals surface area contributed by atoms with E-state index in [1.54, 1.807) is 32.2 Å². The Balaban J connectivity index is 2.02. The van der Waals surface area contributed by atoms with Crippen molar-refractivity contribution in [1.29, 1.82) is 0 Å². The molecule has 0 unspecified atom stereocenters. The highest BCUT2D eigenvalue weighted by atomic mass is 16.6. The lowest BCUT2D eigenvalue weighted by Gasteiger charge is -2.10. The number of anilines is 2. The molecule has 0 aliphatic heterocycles. The summed E-state index contributed by atoms with van der Waals surface area (Å²) >= 11 is 0. The summed E-state index contributed by atoms with van der Waals surface area (Å²) in [6.45, 7) is 1.66. The summed E-state index contributed by atoms with van der Waals surface area (Å²) in [5.41, 5.74) is 0.726. The van der Waals surface area contributed by atoms with Crippen LogP contribution in [0.1, 0.15) is 27.6 Å². The second kappa shape index (κ2) is 9.83. The molecule has 152 valence electrons. The zero-order valence-electron chi connectivity index (χ0n) is 15.9. The van der Waals surface area contributed by atoms with Crippen molar-refractivity contribution in [3.8, 4) is 0 Å². The van der Waals surface area contributed by atoms with Crippen LogP contribution in [0.3, 0.4) is 0 Å². The number of nitro benzene ring substituents is 1. The van der Waals surface area contributed by atoms with E-state index in [0.29, 0.717) is 23.5 Å². The number of benzene rings is 2. The molecule has 0 heterocycles. The molecule has 0 bridgehead atoms. The summed E-state index contributed by atoms with van der Waals surface area (Å²) in [4.78, 5) is 46.4. The number of rotatable bonds is 8. The number of hydrogen-bond donors (Lipinski definition) is 3. The SMILES string of the molecule is CCNC(=O)c1cccc(NC(=O)COC(=O)c2cc([N+](=O)[O-])ccc2NC)c1. The standard InChI is InChI=1S/C19H20N4O6/c1-3-21-18(25)12-5-4-6-13(9-12)22-17(24)11-29-19(26)15-10-14(23(27)28)7-8-16(15)20-2/h4-10,20H,3,11H2,1-2H3,(H,21,25)(H,22,24). The van der Waals surface area contributed by atoms with E-state index >= 15 is 0 Å². The van der Waals surface area contributed by atoms with E-state index < -0.39 is 23.4 Å². The van der Waals surface area contributed by atoms with Crippen LogP contribution in [0.4, 0.5) is 17.1 Å². The van der Waals surface area contributed by atoms with E-state index in [0.717, 1.165) is 6.07 Å². The first-order chi connectivity index (χ1) is 13.8. The molecular weight excluding hydrogens is 380 g/mol. The van der Waals surface area contributed by atoms with Gasteiger partial charge in [0.05, 0.1) is 10.5 Å². The molecule has 0 spiro atoms. The zero-order valence-corrected chi connectivity index (χ0v) is 15.9. The fourth-order valence-corrected chi connectivity index (χ4v) is 2.44. The van der Waals surface area contributed by atoms with Crippen LogP contribution in [0, 0.1) is 10.1 Å². The quantitative estimate of drug-likeness (QED) is 0.350. The van der Waals surface area contributed by atoms with Crippen molar-refractivity contribution in [1.82, 2.24) is 5.32 Å². The van der Waals surface area contributed by atoms with Gasteiger partial charge in [0.2, 0.25) is 0 Å². The maximum atomic E-state index is 12.3. The first-order valence-corrected chi connectivity index (χ1v) is 8.67. The second-order valence-electron chi connectivity index (χ2n) is 5.80. The van der Waals surface area contributed by atoms with Gasteiger partial charge in [-0.15, -0.1) is 0 Å². The molecular formula is C19H20N4O6. The number of esters is 1. The Morgan fingerprint density at radius 2 is 1.90 bits per heavy atom. The predicted octanol–water partition coefficient (Wildman–Crippen LogP) is 2.18. The molecule has 0 aromatic heterocycles. The third kappa shape index (κ3) is 5.76. The van der Waals surface area contributed by atoms with Crippen LogP contribution < -0.4 is 16.0 Å². The van der Waals surface area contributed by atoms with Gasteiger partial charge in [0, 0.05) is 42.7 Å². The van der Waals surface area contributed by atoms with Gasteiger partial charge in [-0.3, -0.25) is 19.7 Å². The van der Waals surface area contributed by atoms with Crippen molar-refractivity contribution in [2.75, 3.05) is 30.8 Å². The minimum Gasteiger partial charge on any atom is -0.452 e. The molecule has 10 nitrogen and oxygen atoms in total. The number of carbonyl (C=O) groups excluding carboxylic acids is 3. The van der Waals surface area contributed by atoms with Crippen LogP contribution >= 0.6 is 0 Å². The summed E-state index contributed by atoms with van der Waals surface area (Å²) in [5.74, 6) is -1.78. The van der Waals surface area contributed by atoms with Gasteiger partial charge >= 0.3 is 5.97 Å². The Morgan fingerprint density at radius 1 is 1.14 bits per heavy atom. The van der Waals surface area contributed by atoms with Gasteiger partial charge in [-0.2, -0.15) is 0 Å². The maximum absolute atomic E-state index is 12.3. The van der Waals surface area contributed by atoms with Crippen LogP contribution in [0.5, 0.6) is 0 Å². The number of hydrogen-bond acceptors (Lipinski definition) is 7. The normalized spacial score (nSPS) is 10.0. The molecule has 3 N–H and O–H groups in total. The van der Waals surface area contributed by atoms with E-state index in [4.69, 9.17) is 4.74 Å². The zero-order chi connectivity index (χ0) is 21.4. The van der Waals surface area contributed by atoms with Gasteiger partial charge in [0.25, 0.3) is 17.5 Å². The number of nitrogens with zero attached hydrogens (tertiary/aromatic N) is 1. The molecule has 0 saturated heterocycles. The lowest BCUT2D eigenvalue weighted by Crippen LogP contribution is -2.23. The number of nitrogens with one attached hydrogen (secondary N) is 3. The van der Waals surface area contributed by atoms with E-state index in [1.807, 2.05) is 0 Å². The Kier molecular flexibility index (Phi) is 7.24. The fourth-order valence-electron chi connectivity index (χ4n) is 2.44. The first-order valence-electron chi connectivity index (χ1n) is 8.67. The third-order valence-electron chi connectivity index (χ3n) is 3.78. The maximum Gasteiger partial charge on any atom is 0.341 e. The molecule has 2 aromatic carbocycles. The van der Waals surface area contributed by atoms with Gasteiger partial charge in [-0.05, 0) is 31.2 Å². The smallest absolute Gasteiger partial charge is 0.341 e. The lowest BCUT2D eigenvalue weighted by molar-refractivity contribution is -0.384. The second-order valence-corrected chi connectivity index (χ2v) is 5.80. The molecule has 0 radical (unpaired) electrons. The van der Waals surface area contributed by atoms with Gasteiger partial charge in [-0.1, -0.05) is 6.07 Å². The number of non-ortho nitro benzene ring substituents is 1. The van der Waals surface area contributed by atoms with Crippen LogP contribution in [-0.2, 0) is 9.53 Å². The van der Waals surface area contributed by atoms with Crippen molar-refractivity contribution < 1.29 is 24.0 Å². The largest absolute Gasteiger partial charge is 0.452 e. The van der Waals surface area contributed by atoms with Crippen molar-refractivity contribution in [2.45, 2.75) is 6.92 Å². The summed E-state index contributed by atoms with van der Waals surface area (Å²) in [6, 6.07) is 9.98. The summed E-state index contributed by atoms with van der Waals surface area (Å²) in [5, 5.41) is 18.8. The van der Waals surface area contributed by atoms with Crippen molar-refractivity contribution in [3.05, 3.63) is 63.7 Å². The molecule has 0 aliphatic rings. The molecule has 0 fully saturated rings. The molecule has 0 aliphatic carbocycles. The number of ether oxygens (including phenoxy) is 1. The van der Waals surface area contributed by atoms with Crippen molar-refractivity contribution in [2.24, 2.45) is 0 Å². The monoisotopic (exact) mass is 400 g/mol. The van der Waals surface area contributed by atoms with Crippen molar-refractivity contribution >= 4 is 34.8 Å². The van der Waals surface area contributed by atoms with Gasteiger partial charge in [0.15, 0.2) is 6.61 Å². The Labute approximate surface area is 166 Å². The number of amides is 2. The van der Waals surface area contributed by atoms with E-state index in [-0.39, 0.29) is 17.2 Å². The van der Waals surface area contributed by atoms with Gasteiger partial charge < -0.3 is 20.7 Å². The first kappa shape index (κ1) is 21.4. The molecule has 0 saturated carbocycles. The summed E-state index contributed by atoms with van der Waals surface area (Å²) in [6.07, 6.45) is 0. The molecule has 2 aromatic rings.